The molecule has 0 aliphatic rings. The van der Waals surface area contributed by atoms with Gasteiger partial charge in [-0.2, -0.15) is 0 Å². The molecule has 1 unspecified atom stereocenters. The van der Waals surface area contributed by atoms with E-state index in [1.54, 1.807) is 13.8 Å². The lowest BCUT2D eigenvalue weighted by Gasteiger charge is -2.14. The molecule has 1 aromatic rings. The molecule has 5 heteroatoms. The lowest BCUT2D eigenvalue weighted by molar-refractivity contribution is -0.138. The number of carboxylic acid groups (broad SMARTS) is 1. The Kier molecular flexibility index (Phi) is 3.21. The van der Waals surface area contributed by atoms with Gasteiger partial charge in [0.05, 0.1) is 5.02 Å². The third-order valence-electron chi connectivity index (χ3n) is 2.32. The Morgan fingerprint density at radius 1 is 1.53 bits per heavy atom. The number of benzene rings is 1. The summed E-state index contributed by atoms with van der Waals surface area (Å²) in [6.07, 6.45) is 0. The second-order valence-electron chi connectivity index (χ2n) is 3.39. The van der Waals surface area contributed by atoms with Crippen LogP contribution in [0.25, 0.3) is 0 Å². The maximum atomic E-state index is 10.7. The van der Waals surface area contributed by atoms with Gasteiger partial charge < -0.3 is 15.9 Å². The molecule has 0 spiro atoms. The summed E-state index contributed by atoms with van der Waals surface area (Å²) in [5.41, 5.74) is 6.91. The molecule has 0 radical (unpaired) electrons. The molecule has 1 atom stereocenters. The number of phenolic OH excluding ortho intramolecular Hbond substituents is 1. The van der Waals surface area contributed by atoms with Crippen molar-refractivity contribution >= 4 is 17.6 Å². The van der Waals surface area contributed by atoms with Gasteiger partial charge in [0.2, 0.25) is 0 Å². The first-order valence-electron chi connectivity index (χ1n) is 4.33. The second kappa shape index (κ2) is 4.08. The van der Waals surface area contributed by atoms with Crippen molar-refractivity contribution in [2.45, 2.75) is 19.9 Å². The molecule has 1 aromatic carbocycles. The number of aryl methyl sites for hydroxylation is 1. The fourth-order valence-electron chi connectivity index (χ4n) is 1.34. The lowest BCUT2D eigenvalue weighted by atomic mass is 9.98. The molecule has 0 aliphatic carbocycles. The molecule has 4 nitrogen and oxygen atoms in total. The SMILES string of the molecule is Cc1cc(C(N)C(=O)O)c(C)c(Cl)c1O. The molecule has 1 rings (SSSR count). The maximum absolute atomic E-state index is 10.7. The quantitative estimate of drug-likeness (QED) is 0.721. The van der Waals surface area contributed by atoms with E-state index in [4.69, 9.17) is 22.4 Å². The van der Waals surface area contributed by atoms with Crippen molar-refractivity contribution in [3.8, 4) is 5.75 Å². The highest BCUT2D eigenvalue weighted by Crippen LogP contribution is 2.34. The van der Waals surface area contributed by atoms with Crippen LogP contribution in [0.4, 0.5) is 0 Å². The molecule has 0 heterocycles. The minimum Gasteiger partial charge on any atom is -0.506 e. The summed E-state index contributed by atoms with van der Waals surface area (Å²) in [6, 6.07) is 0.414. The van der Waals surface area contributed by atoms with E-state index < -0.39 is 12.0 Å². The molecule has 0 saturated heterocycles. The highest BCUT2D eigenvalue weighted by atomic mass is 35.5. The van der Waals surface area contributed by atoms with E-state index in [1.807, 2.05) is 0 Å². The first kappa shape index (κ1) is 11.8. The highest BCUT2D eigenvalue weighted by Gasteiger charge is 2.20. The Morgan fingerprint density at radius 2 is 2.07 bits per heavy atom. The third-order valence-corrected chi connectivity index (χ3v) is 2.78. The fraction of sp³-hybridized carbons (Fsp3) is 0.300. The Hall–Kier alpha value is -1.26. The molecule has 0 bridgehead atoms. The van der Waals surface area contributed by atoms with Crippen LogP contribution in [0.5, 0.6) is 5.75 Å². The standard InChI is InChI=1S/C10H12ClNO3/c1-4-3-6(8(12)10(14)15)5(2)7(11)9(4)13/h3,8,13H,12H2,1-2H3,(H,14,15). The molecular formula is C10H12ClNO3. The Morgan fingerprint density at radius 3 is 2.53 bits per heavy atom. The van der Waals surface area contributed by atoms with Gasteiger partial charge in [-0.3, -0.25) is 4.79 Å². The molecule has 0 aliphatic heterocycles. The van der Waals surface area contributed by atoms with Crippen LogP contribution in [-0.4, -0.2) is 16.2 Å². The summed E-state index contributed by atoms with van der Waals surface area (Å²) >= 11 is 5.84. The van der Waals surface area contributed by atoms with E-state index in [-0.39, 0.29) is 10.8 Å². The van der Waals surface area contributed by atoms with Crippen LogP contribution in [-0.2, 0) is 4.79 Å². The van der Waals surface area contributed by atoms with Gasteiger partial charge in [0, 0.05) is 0 Å². The first-order valence-corrected chi connectivity index (χ1v) is 4.71. The summed E-state index contributed by atoms with van der Waals surface area (Å²) in [6.45, 7) is 3.26. The van der Waals surface area contributed by atoms with Crippen LogP contribution in [0.3, 0.4) is 0 Å². The van der Waals surface area contributed by atoms with Crippen molar-refractivity contribution in [2.24, 2.45) is 5.73 Å². The largest absolute Gasteiger partial charge is 0.506 e. The van der Waals surface area contributed by atoms with E-state index in [0.717, 1.165) is 0 Å². The number of nitrogens with two attached hydrogens (primary N) is 1. The molecule has 0 amide bonds. The van der Waals surface area contributed by atoms with Crippen LogP contribution in [0.2, 0.25) is 5.02 Å². The van der Waals surface area contributed by atoms with E-state index in [2.05, 4.69) is 0 Å². The van der Waals surface area contributed by atoms with Crippen molar-refractivity contribution in [2.75, 3.05) is 0 Å². The monoisotopic (exact) mass is 229 g/mol. The van der Waals surface area contributed by atoms with Crippen LogP contribution in [0.15, 0.2) is 6.07 Å². The molecule has 4 N–H and O–H groups in total. The van der Waals surface area contributed by atoms with Crippen molar-refractivity contribution < 1.29 is 15.0 Å². The third kappa shape index (κ3) is 2.06. The van der Waals surface area contributed by atoms with Crippen molar-refractivity contribution in [1.29, 1.82) is 0 Å². The average molecular weight is 230 g/mol. The van der Waals surface area contributed by atoms with Crippen molar-refractivity contribution in [3.05, 3.63) is 27.8 Å². The second-order valence-corrected chi connectivity index (χ2v) is 3.76. The van der Waals surface area contributed by atoms with Crippen molar-refractivity contribution in [1.82, 2.24) is 0 Å². The molecule has 82 valence electrons. The zero-order chi connectivity index (χ0) is 11.7. The number of aliphatic carboxylic acids is 1. The van der Waals surface area contributed by atoms with Crippen LogP contribution < -0.4 is 5.73 Å². The number of carbonyl (C=O) groups is 1. The topological polar surface area (TPSA) is 83.6 Å². The van der Waals surface area contributed by atoms with Gasteiger partial charge in [0.1, 0.15) is 11.8 Å². The number of phenols is 1. The van der Waals surface area contributed by atoms with Crippen LogP contribution in [0, 0.1) is 13.8 Å². The summed E-state index contributed by atoms with van der Waals surface area (Å²) in [4.78, 5) is 10.7. The lowest BCUT2D eigenvalue weighted by Crippen LogP contribution is -2.21. The van der Waals surface area contributed by atoms with E-state index in [1.165, 1.54) is 6.07 Å². The Labute approximate surface area is 92.3 Å². The van der Waals surface area contributed by atoms with Gasteiger partial charge in [-0.25, -0.2) is 0 Å². The zero-order valence-corrected chi connectivity index (χ0v) is 9.17. The molecule has 0 fully saturated rings. The number of carboxylic acids is 1. The van der Waals surface area contributed by atoms with E-state index >= 15 is 0 Å². The van der Waals surface area contributed by atoms with Crippen molar-refractivity contribution in [3.63, 3.8) is 0 Å². The fourth-order valence-corrected chi connectivity index (χ4v) is 1.60. The van der Waals surface area contributed by atoms with E-state index in [9.17, 15) is 9.90 Å². The number of halogens is 1. The number of hydrogen-bond donors (Lipinski definition) is 3. The minimum atomic E-state index is -1.13. The van der Waals surface area contributed by atoms with Crippen LogP contribution >= 0.6 is 11.6 Å². The summed E-state index contributed by atoms with van der Waals surface area (Å²) in [5.74, 6) is -1.16. The van der Waals surface area contributed by atoms with Gasteiger partial charge in [-0.1, -0.05) is 11.6 Å². The molecule has 0 aromatic heterocycles. The molecule has 0 saturated carbocycles. The van der Waals surface area contributed by atoms with Crippen LogP contribution in [0.1, 0.15) is 22.7 Å². The van der Waals surface area contributed by atoms with Gasteiger partial charge >= 0.3 is 5.97 Å². The molecule has 15 heavy (non-hydrogen) atoms. The minimum absolute atomic E-state index is 0.0319. The zero-order valence-electron chi connectivity index (χ0n) is 8.41. The Bertz CT molecular complexity index is 418. The number of hydrogen-bond acceptors (Lipinski definition) is 3. The first-order chi connectivity index (χ1) is 6.86. The Balaban J connectivity index is 3.38. The summed E-state index contributed by atoms with van der Waals surface area (Å²) in [5, 5.41) is 18.4. The van der Waals surface area contributed by atoms with E-state index in [0.29, 0.717) is 16.7 Å². The predicted molar refractivity (Wildman–Crippen MR) is 57.2 cm³/mol. The van der Waals surface area contributed by atoms with Gasteiger partial charge in [-0.15, -0.1) is 0 Å². The van der Waals surface area contributed by atoms with Gasteiger partial charge in [-0.05, 0) is 36.6 Å². The number of aromatic hydroxyl groups is 1. The summed E-state index contributed by atoms with van der Waals surface area (Å²) in [7, 11) is 0. The van der Waals surface area contributed by atoms with Gasteiger partial charge in [0.25, 0.3) is 0 Å². The summed E-state index contributed by atoms with van der Waals surface area (Å²) < 4.78 is 0. The highest BCUT2D eigenvalue weighted by molar-refractivity contribution is 6.33. The normalized spacial score (nSPS) is 12.5. The molecular weight excluding hydrogens is 218 g/mol. The maximum Gasteiger partial charge on any atom is 0.325 e. The van der Waals surface area contributed by atoms with Gasteiger partial charge in [0.15, 0.2) is 0 Å². The average Bonchev–Trinajstić information content (AvgIpc) is 2.19. The smallest absolute Gasteiger partial charge is 0.325 e. The number of rotatable bonds is 2. The predicted octanol–water partition coefficient (Wildman–Crippen LogP) is 1.75.